The fourth-order valence-corrected chi connectivity index (χ4v) is 4.64. The van der Waals surface area contributed by atoms with Gasteiger partial charge < -0.3 is 4.74 Å². The standard InChI is InChI=1S/C17H34N2O/c1-3-7-14(8-4-2)16(19-18)15-9-12-20-17(13-15)10-5-6-11-17/h14-16,19H,3-13,18H2,1-2H3. The Morgan fingerprint density at radius 1 is 1.20 bits per heavy atom. The average molecular weight is 282 g/mol. The van der Waals surface area contributed by atoms with E-state index in [1.807, 2.05) is 0 Å². The predicted molar refractivity (Wildman–Crippen MR) is 84.3 cm³/mol. The molecule has 0 amide bonds. The Kier molecular flexibility index (Phi) is 6.31. The number of hydrogen-bond donors (Lipinski definition) is 2. The lowest BCUT2D eigenvalue weighted by Gasteiger charge is -2.43. The first-order valence-electron chi connectivity index (χ1n) is 8.84. The molecule has 1 aliphatic heterocycles. The highest BCUT2D eigenvalue weighted by Crippen LogP contribution is 2.44. The van der Waals surface area contributed by atoms with Crippen LogP contribution in [0.1, 0.15) is 78.1 Å². The highest BCUT2D eigenvalue weighted by molar-refractivity contribution is 4.95. The van der Waals surface area contributed by atoms with Crippen LogP contribution in [0.2, 0.25) is 0 Å². The summed E-state index contributed by atoms with van der Waals surface area (Å²) < 4.78 is 6.18. The van der Waals surface area contributed by atoms with Crippen molar-refractivity contribution in [2.75, 3.05) is 6.61 Å². The molecule has 2 unspecified atom stereocenters. The number of nitrogens with two attached hydrogens (primary N) is 1. The van der Waals surface area contributed by atoms with E-state index in [0.29, 0.717) is 12.0 Å². The molecule has 0 aromatic heterocycles. The van der Waals surface area contributed by atoms with Crippen molar-refractivity contribution in [3.05, 3.63) is 0 Å². The Labute approximate surface area is 125 Å². The monoisotopic (exact) mass is 282 g/mol. The first-order chi connectivity index (χ1) is 9.74. The van der Waals surface area contributed by atoms with Crippen LogP contribution in [0.3, 0.4) is 0 Å². The Hall–Kier alpha value is -0.120. The summed E-state index contributed by atoms with van der Waals surface area (Å²) in [4.78, 5) is 0. The fraction of sp³-hybridized carbons (Fsp3) is 1.00. The molecule has 1 spiro atoms. The van der Waals surface area contributed by atoms with Gasteiger partial charge in [0.15, 0.2) is 0 Å². The van der Waals surface area contributed by atoms with Gasteiger partial charge in [0.1, 0.15) is 0 Å². The lowest BCUT2D eigenvalue weighted by Crippen LogP contribution is -2.51. The molecule has 3 N–H and O–H groups in total. The minimum atomic E-state index is 0.209. The smallest absolute Gasteiger partial charge is 0.0685 e. The lowest BCUT2D eigenvalue weighted by atomic mass is 9.75. The number of rotatable bonds is 7. The second-order valence-electron chi connectivity index (χ2n) is 7.02. The van der Waals surface area contributed by atoms with Gasteiger partial charge in [-0.05, 0) is 50.4 Å². The van der Waals surface area contributed by atoms with Gasteiger partial charge in [-0.15, -0.1) is 0 Å². The van der Waals surface area contributed by atoms with Crippen LogP contribution in [0.15, 0.2) is 0 Å². The summed E-state index contributed by atoms with van der Waals surface area (Å²) in [5, 5.41) is 0. The molecule has 2 atom stereocenters. The van der Waals surface area contributed by atoms with Crippen LogP contribution in [0.25, 0.3) is 0 Å². The second-order valence-corrected chi connectivity index (χ2v) is 7.02. The van der Waals surface area contributed by atoms with Crippen LogP contribution < -0.4 is 11.3 Å². The quantitative estimate of drug-likeness (QED) is 0.552. The van der Waals surface area contributed by atoms with Gasteiger partial charge in [-0.1, -0.05) is 39.5 Å². The molecular formula is C17H34N2O. The van der Waals surface area contributed by atoms with E-state index in [0.717, 1.165) is 12.5 Å². The number of ether oxygens (including phenoxy) is 1. The summed E-state index contributed by atoms with van der Waals surface area (Å²) in [6.07, 6.45) is 12.8. The molecule has 2 fully saturated rings. The van der Waals surface area contributed by atoms with Gasteiger partial charge in [0.2, 0.25) is 0 Å². The van der Waals surface area contributed by atoms with Gasteiger partial charge in [0, 0.05) is 12.6 Å². The minimum Gasteiger partial charge on any atom is -0.375 e. The summed E-state index contributed by atoms with van der Waals surface area (Å²) in [7, 11) is 0. The Bertz CT molecular complexity index is 270. The second kappa shape index (κ2) is 7.77. The van der Waals surface area contributed by atoms with Crippen LogP contribution in [0, 0.1) is 11.8 Å². The third-order valence-electron chi connectivity index (χ3n) is 5.57. The molecular weight excluding hydrogens is 248 g/mol. The zero-order valence-electron chi connectivity index (χ0n) is 13.5. The van der Waals surface area contributed by atoms with Gasteiger partial charge in [-0.25, -0.2) is 0 Å². The van der Waals surface area contributed by atoms with E-state index in [1.54, 1.807) is 0 Å². The van der Waals surface area contributed by atoms with Crippen molar-refractivity contribution < 1.29 is 4.74 Å². The van der Waals surface area contributed by atoms with E-state index >= 15 is 0 Å². The summed E-state index contributed by atoms with van der Waals surface area (Å²) in [6.45, 7) is 5.52. The molecule has 1 saturated carbocycles. The topological polar surface area (TPSA) is 47.3 Å². The SMILES string of the molecule is CCCC(CCC)C(NN)C1CCOC2(CCCC2)C1. The van der Waals surface area contributed by atoms with Crippen molar-refractivity contribution in [2.24, 2.45) is 17.7 Å². The van der Waals surface area contributed by atoms with Gasteiger partial charge >= 0.3 is 0 Å². The summed E-state index contributed by atoms with van der Waals surface area (Å²) in [6, 6.07) is 0.483. The van der Waals surface area contributed by atoms with Crippen molar-refractivity contribution in [2.45, 2.75) is 89.7 Å². The van der Waals surface area contributed by atoms with Crippen LogP contribution in [-0.2, 0) is 4.74 Å². The maximum absolute atomic E-state index is 6.18. The molecule has 2 aliphatic rings. The molecule has 0 aromatic carbocycles. The Morgan fingerprint density at radius 3 is 2.40 bits per heavy atom. The van der Waals surface area contributed by atoms with Crippen molar-refractivity contribution >= 4 is 0 Å². The highest BCUT2D eigenvalue weighted by Gasteiger charge is 2.42. The van der Waals surface area contributed by atoms with E-state index in [2.05, 4.69) is 19.3 Å². The zero-order chi connectivity index (χ0) is 14.4. The van der Waals surface area contributed by atoms with Crippen molar-refractivity contribution in [3.8, 4) is 0 Å². The van der Waals surface area contributed by atoms with E-state index in [1.165, 1.54) is 64.2 Å². The van der Waals surface area contributed by atoms with Gasteiger partial charge in [0.25, 0.3) is 0 Å². The van der Waals surface area contributed by atoms with Gasteiger partial charge in [-0.2, -0.15) is 0 Å². The molecule has 0 radical (unpaired) electrons. The summed E-state index contributed by atoms with van der Waals surface area (Å²) in [5.74, 6) is 7.40. The van der Waals surface area contributed by atoms with Gasteiger partial charge in [0.05, 0.1) is 5.60 Å². The number of nitrogens with one attached hydrogen (secondary N) is 1. The molecule has 0 aromatic rings. The molecule has 2 rings (SSSR count). The molecule has 118 valence electrons. The Morgan fingerprint density at radius 2 is 1.85 bits per heavy atom. The normalized spacial score (nSPS) is 27.3. The summed E-state index contributed by atoms with van der Waals surface area (Å²) in [5.41, 5.74) is 3.40. The highest BCUT2D eigenvalue weighted by atomic mass is 16.5. The van der Waals surface area contributed by atoms with E-state index < -0.39 is 0 Å². The minimum absolute atomic E-state index is 0.209. The average Bonchev–Trinajstić information content (AvgIpc) is 2.88. The van der Waals surface area contributed by atoms with Crippen LogP contribution in [0.5, 0.6) is 0 Å². The van der Waals surface area contributed by atoms with Crippen molar-refractivity contribution in [3.63, 3.8) is 0 Å². The fourth-order valence-electron chi connectivity index (χ4n) is 4.64. The zero-order valence-corrected chi connectivity index (χ0v) is 13.5. The van der Waals surface area contributed by atoms with Crippen molar-refractivity contribution in [1.82, 2.24) is 5.43 Å². The molecule has 0 bridgehead atoms. The molecule has 20 heavy (non-hydrogen) atoms. The van der Waals surface area contributed by atoms with E-state index in [9.17, 15) is 0 Å². The summed E-state index contributed by atoms with van der Waals surface area (Å²) >= 11 is 0. The van der Waals surface area contributed by atoms with E-state index in [4.69, 9.17) is 10.6 Å². The molecule has 3 heteroatoms. The Balaban J connectivity index is 2.01. The third-order valence-corrected chi connectivity index (χ3v) is 5.57. The van der Waals surface area contributed by atoms with Gasteiger partial charge in [-0.3, -0.25) is 11.3 Å². The lowest BCUT2D eigenvalue weighted by molar-refractivity contribution is -0.101. The largest absolute Gasteiger partial charge is 0.375 e. The predicted octanol–water partition coefficient (Wildman–Crippen LogP) is 3.77. The van der Waals surface area contributed by atoms with Crippen LogP contribution >= 0.6 is 0 Å². The maximum atomic E-state index is 6.18. The molecule has 1 heterocycles. The number of hydrogen-bond acceptors (Lipinski definition) is 3. The molecule has 3 nitrogen and oxygen atoms in total. The molecule has 1 saturated heterocycles. The van der Waals surface area contributed by atoms with E-state index in [-0.39, 0.29) is 5.60 Å². The molecule has 1 aliphatic carbocycles. The first kappa shape index (κ1) is 16.3. The van der Waals surface area contributed by atoms with Crippen LogP contribution in [0.4, 0.5) is 0 Å². The van der Waals surface area contributed by atoms with Crippen molar-refractivity contribution in [1.29, 1.82) is 0 Å². The third kappa shape index (κ3) is 3.75. The maximum Gasteiger partial charge on any atom is 0.0685 e. The number of hydrazine groups is 1. The van der Waals surface area contributed by atoms with Crippen LogP contribution in [-0.4, -0.2) is 18.2 Å². The first-order valence-corrected chi connectivity index (χ1v) is 8.84.